The van der Waals surface area contributed by atoms with Crippen molar-refractivity contribution >= 4 is 5.97 Å². The highest BCUT2D eigenvalue weighted by Crippen LogP contribution is 2.79. The summed E-state index contributed by atoms with van der Waals surface area (Å²) in [6.07, 6.45) is -0.366. The van der Waals surface area contributed by atoms with Crippen LogP contribution in [0.15, 0.2) is 0 Å². The first-order valence-corrected chi connectivity index (χ1v) is 7.75. The highest BCUT2D eigenvalue weighted by Gasteiger charge is 2.91. The number of fused-ring (bicyclic) bond motifs is 1. The van der Waals surface area contributed by atoms with Crippen LogP contribution in [0.4, 0.5) is 0 Å². The molecule has 0 radical (unpaired) electrons. The van der Waals surface area contributed by atoms with Crippen LogP contribution in [0.5, 0.6) is 0 Å². The van der Waals surface area contributed by atoms with Crippen molar-refractivity contribution in [1.82, 2.24) is 0 Å². The molecule has 0 aromatic rings. The van der Waals surface area contributed by atoms with E-state index >= 15 is 0 Å². The summed E-state index contributed by atoms with van der Waals surface area (Å²) in [5.74, 6) is -2.80. The summed E-state index contributed by atoms with van der Waals surface area (Å²) in [7, 11) is 0. The Morgan fingerprint density at radius 1 is 1.36 bits per heavy atom. The normalized spacial score (nSPS) is 62.7. The zero-order chi connectivity index (χ0) is 16.2. The van der Waals surface area contributed by atoms with E-state index in [-0.39, 0.29) is 18.9 Å². The Balaban J connectivity index is 2.06. The van der Waals surface area contributed by atoms with Gasteiger partial charge in [-0.2, -0.15) is 0 Å². The first kappa shape index (κ1) is 14.8. The van der Waals surface area contributed by atoms with E-state index in [0.29, 0.717) is 12.8 Å². The van der Waals surface area contributed by atoms with Crippen molar-refractivity contribution in [1.29, 1.82) is 0 Å². The number of carbonyl (C=O) groups is 1. The van der Waals surface area contributed by atoms with Crippen LogP contribution in [0.1, 0.15) is 33.1 Å². The van der Waals surface area contributed by atoms with E-state index in [1.165, 1.54) is 6.92 Å². The quantitative estimate of drug-likeness (QED) is 0.454. The minimum absolute atomic E-state index is 0.0494. The van der Waals surface area contributed by atoms with Gasteiger partial charge >= 0.3 is 5.97 Å². The van der Waals surface area contributed by atoms with Crippen LogP contribution in [0.3, 0.4) is 0 Å². The van der Waals surface area contributed by atoms with Crippen molar-refractivity contribution in [2.24, 2.45) is 16.7 Å². The molecule has 22 heavy (non-hydrogen) atoms. The lowest BCUT2D eigenvalue weighted by atomic mass is 9.47. The smallest absolute Gasteiger partial charge is 0.335 e. The van der Waals surface area contributed by atoms with Gasteiger partial charge in [-0.05, 0) is 25.7 Å². The van der Waals surface area contributed by atoms with Gasteiger partial charge in [-0.25, -0.2) is 4.79 Å². The van der Waals surface area contributed by atoms with Gasteiger partial charge < -0.3 is 29.9 Å². The molecule has 1 saturated carbocycles. The number of hydrogen-bond donors (Lipinski definition) is 4. The lowest BCUT2D eigenvalue weighted by Crippen LogP contribution is -2.72. The summed E-state index contributed by atoms with van der Waals surface area (Å²) in [6, 6.07) is 0. The van der Waals surface area contributed by atoms with Gasteiger partial charge in [-0.1, -0.05) is 6.92 Å². The number of esters is 1. The maximum absolute atomic E-state index is 12.2. The second kappa shape index (κ2) is 3.67. The van der Waals surface area contributed by atoms with Gasteiger partial charge in [0.1, 0.15) is 12.2 Å². The standard InChI is InChI=1S/C15H22O7/c1-8-3-4-14-12(6-16)7-21-10(18)9(17)13(8,14)5-15(20,22-14)11(12,2)19/h8-9,16-17,19-20H,3-7H2,1-2H3/t8-,9+,11-,12+,13+,14+,15+/m1/s1. The number of rotatable bonds is 1. The Kier molecular flexibility index (Phi) is 2.48. The topological polar surface area (TPSA) is 116 Å². The molecule has 7 atom stereocenters. The summed E-state index contributed by atoms with van der Waals surface area (Å²) in [5.41, 5.74) is -5.38. The molecule has 2 bridgehead atoms. The van der Waals surface area contributed by atoms with Crippen molar-refractivity contribution in [3.63, 3.8) is 0 Å². The van der Waals surface area contributed by atoms with E-state index in [1.54, 1.807) is 0 Å². The molecule has 0 unspecified atom stereocenters. The monoisotopic (exact) mass is 314 g/mol. The number of aliphatic hydroxyl groups excluding tert-OH is 2. The molecule has 4 N–H and O–H groups in total. The molecule has 7 nitrogen and oxygen atoms in total. The van der Waals surface area contributed by atoms with Crippen molar-refractivity contribution in [3.05, 3.63) is 0 Å². The predicted octanol–water partition coefficient (Wildman–Crippen LogP) is -1.09. The van der Waals surface area contributed by atoms with Crippen molar-refractivity contribution in [3.8, 4) is 0 Å². The van der Waals surface area contributed by atoms with Crippen LogP contribution in [-0.2, 0) is 14.3 Å². The minimum atomic E-state index is -1.92. The molecule has 4 fully saturated rings. The molecule has 4 aliphatic rings. The molecular weight excluding hydrogens is 292 g/mol. The molecule has 3 heterocycles. The van der Waals surface area contributed by atoms with Gasteiger partial charge in [0, 0.05) is 11.8 Å². The van der Waals surface area contributed by atoms with E-state index in [4.69, 9.17) is 9.47 Å². The summed E-state index contributed by atoms with van der Waals surface area (Å²) in [6.45, 7) is 2.53. The average molecular weight is 314 g/mol. The summed E-state index contributed by atoms with van der Waals surface area (Å²) in [5, 5.41) is 42.8. The van der Waals surface area contributed by atoms with Gasteiger partial charge in [-0.3, -0.25) is 0 Å². The SMILES string of the molecule is C[C@@H]1CC[C@@]23O[C@@]4(O)C[C@@]12[C@@H](O)C(=O)OC[C@@]3(CO)[C@@]4(C)O. The maximum atomic E-state index is 12.2. The van der Waals surface area contributed by atoms with Crippen LogP contribution < -0.4 is 0 Å². The third kappa shape index (κ3) is 1.05. The maximum Gasteiger partial charge on any atom is 0.335 e. The molecule has 0 amide bonds. The fourth-order valence-electron chi connectivity index (χ4n) is 5.97. The molecule has 7 heteroatoms. The molecule has 0 aromatic carbocycles. The molecule has 1 spiro atoms. The van der Waals surface area contributed by atoms with E-state index in [0.717, 1.165) is 0 Å². The van der Waals surface area contributed by atoms with Gasteiger partial charge in [0.25, 0.3) is 0 Å². The summed E-state index contributed by atoms with van der Waals surface area (Å²) in [4.78, 5) is 12.2. The molecule has 3 aliphatic heterocycles. The number of carbonyl (C=O) groups excluding carboxylic acids is 1. The number of hydrogen-bond acceptors (Lipinski definition) is 7. The third-order valence-corrected chi connectivity index (χ3v) is 7.34. The molecule has 124 valence electrons. The Morgan fingerprint density at radius 3 is 2.68 bits per heavy atom. The Hall–Kier alpha value is -0.730. The van der Waals surface area contributed by atoms with Gasteiger partial charge in [0.2, 0.25) is 0 Å². The molecular formula is C15H22O7. The van der Waals surface area contributed by atoms with Gasteiger partial charge in [0.05, 0.1) is 17.6 Å². The second-order valence-corrected chi connectivity index (χ2v) is 7.69. The molecule has 4 rings (SSSR count). The van der Waals surface area contributed by atoms with E-state index in [1.807, 2.05) is 6.92 Å². The Labute approximate surface area is 127 Å². The molecule has 1 aliphatic carbocycles. The van der Waals surface area contributed by atoms with Crippen molar-refractivity contribution in [2.45, 2.75) is 56.2 Å². The molecule has 0 aromatic heterocycles. The Morgan fingerprint density at radius 2 is 2.05 bits per heavy atom. The number of cyclic esters (lactones) is 1. The first-order chi connectivity index (χ1) is 10.1. The van der Waals surface area contributed by atoms with Crippen LogP contribution >= 0.6 is 0 Å². The predicted molar refractivity (Wildman–Crippen MR) is 71.3 cm³/mol. The highest BCUT2D eigenvalue weighted by molar-refractivity contribution is 5.77. The van der Waals surface area contributed by atoms with E-state index in [9.17, 15) is 25.2 Å². The van der Waals surface area contributed by atoms with Crippen molar-refractivity contribution in [2.75, 3.05) is 13.2 Å². The fourth-order valence-corrected chi connectivity index (χ4v) is 5.97. The number of aliphatic hydroxyl groups is 4. The lowest BCUT2D eigenvalue weighted by Gasteiger charge is -2.56. The lowest BCUT2D eigenvalue weighted by molar-refractivity contribution is -0.261. The fraction of sp³-hybridized carbons (Fsp3) is 0.933. The van der Waals surface area contributed by atoms with Crippen LogP contribution in [0.25, 0.3) is 0 Å². The third-order valence-electron chi connectivity index (χ3n) is 7.34. The summed E-state index contributed by atoms with van der Waals surface area (Å²) >= 11 is 0. The van der Waals surface area contributed by atoms with Crippen LogP contribution in [0, 0.1) is 16.7 Å². The Bertz CT molecular complexity index is 562. The van der Waals surface area contributed by atoms with Gasteiger partial charge in [0.15, 0.2) is 11.9 Å². The van der Waals surface area contributed by atoms with E-state index < -0.39 is 46.5 Å². The molecule has 3 saturated heterocycles. The van der Waals surface area contributed by atoms with Gasteiger partial charge in [-0.15, -0.1) is 0 Å². The minimum Gasteiger partial charge on any atom is -0.463 e. The highest BCUT2D eigenvalue weighted by atomic mass is 16.7. The second-order valence-electron chi connectivity index (χ2n) is 7.69. The average Bonchev–Trinajstić information content (AvgIpc) is 2.93. The van der Waals surface area contributed by atoms with E-state index in [2.05, 4.69) is 0 Å². The largest absolute Gasteiger partial charge is 0.463 e. The van der Waals surface area contributed by atoms with Crippen LogP contribution in [-0.4, -0.2) is 62.7 Å². The zero-order valence-electron chi connectivity index (χ0n) is 12.7. The number of ether oxygens (including phenoxy) is 2. The summed E-state index contributed by atoms with van der Waals surface area (Å²) < 4.78 is 11.1. The van der Waals surface area contributed by atoms with Crippen LogP contribution in [0.2, 0.25) is 0 Å². The first-order valence-electron chi connectivity index (χ1n) is 7.75. The van der Waals surface area contributed by atoms with Crippen molar-refractivity contribution < 1.29 is 34.7 Å². The zero-order valence-corrected chi connectivity index (χ0v) is 12.7.